The Kier molecular flexibility index (Phi) is 2.11. The predicted molar refractivity (Wildman–Crippen MR) is 49.9 cm³/mol. The van der Waals surface area contributed by atoms with Crippen molar-refractivity contribution in [2.45, 2.75) is 12.8 Å². The summed E-state index contributed by atoms with van der Waals surface area (Å²) < 4.78 is 18.3. The molecular weight excluding hydrogens is 185 g/mol. The number of amides is 1. The molecule has 3 nitrogen and oxygen atoms in total. The van der Waals surface area contributed by atoms with Gasteiger partial charge in [-0.05, 0) is 18.6 Å². The molecule has 0 saturated carbocycles. The van der Waals surface area contributed by atoms with Gasteiger partial charge in [-0.3, -0.25) is 4.79 Å². The van der Waals surface area contributed by atoms with Gasteiger partial charge in [0.2, 0.25) is 5.91 Å². The normalized spacial score (nSPS) is 14.6. The molecule has 0 spiro atoms. The summed E-state index contributed by atoms with van der Waals surface area (Å²) in [6, 6.07) is 2.87. The second kappa shape index (κ2) is 3.29. The minimum Gasteiger partial charge on any atom is -0.495 e. The van der Waals surface area contributed by atoms with Crippen LogP contribution >= 0.6 is 0 Å². The molecule has 0 atom stereocenters. The first-order valence-corrected chi connectivity index (χ1v) is 4.37. The van der Waals surface area contributed by atoms with Crippen molar-refractivity contribution in [1.82, 2.24) is 0 Å². The maximum absolute atomic E-state index is 13.3. The summed E-state index contributed by atoms with van der Waals surface area (Å²) in [7, 11) is 1.49. The van der Waals surface area contributed by atoms with Gasteiger partial charge in [-0.1, -0.05) is 0 Å². The van der Waals surface area contributed by atoms with Gasteiger partial charge in [0.25, 0.3) is 0 Å². The van der Waals surface area contributed by atoms with Crippen LogP contribution in [0, 0.1) is 5.82 Å². The van der Waals surface area contributed by atoms with E-state index in [0.717, 1.165) is 0 Å². The zero-order chi connectivity index (χ0) is 10.1. The number of methoxy groups -OCH3 is 1. The Morgan fingerprint density at radius 3 is 2.93 bits per heavy atom. The van der Waals surface area contributed by atoms with Crippen LogP contribution in [0.25, 0.3) is 0 Å². The molecule has 0 bridgehead atoms. The Morgan fingerprint density at radius 2 is 2.21 bits per heavy atom. The van der Waals surface area contributed by atoms with Crippen LogP contribution in [0.5, 0.6) is 5.75 Å². The lowest BCUT2D eigenvalue weighted by Crippen LogP contribution is -2.20. The van der Waals surface area contributed by atoms with Crippen molar-refractivity contribution in [1.29, 1.82) is 0 Å². The van der Waals surface area contributed by atoms with Crippen LogP contribution < -0.4 is 10.1 Å². The van der Waals surface area contributed by atoms with Gasteiger partial charge in [0.15, 0.2) is 0 Å². The zero-order valence-electron chi connectivity index (χ0n) is 7.76. The molecule has 0 radical (unpaired) electrons. The van der Waals surface area contributed by atoms with Gasteiger partial charge < -0.3 is 10.1 Å². The van der Waals surface area contributed by atoms with Crippen molar-refractivity contribution in [2.75, 3.05) is 12.4 Å². The highest BCUT2D eigenvalue weighted by Gasteiger charge is 2.21. The summed E-state index contributed by atoms with van der Waals surface area (Å²) in [6.45, 7) is 0. The third-order valence-corrected chi connectivity index (χ3v) is 2.30. The molecule has 1 heterocycles. The van der Waals surface area contributed by atoms with Crippen molar-refractivity contribution < 1.29 is 13.9 Å². The molecule has 0 aliphatic carbocycles. The molecule has 4 heteroatoms. The van der Waals surface area contributed by atoms with E-state index in [1.165, 1.54) is 19.2 Å². The third kappa shape index (κ3) is 1.32. The Morgan fingerprint density at radius 1 is 1.43 bits per heavy atom. The first kappa shape index (κ1) is 8.99. The Hall–Kier alpha value is -1.58. The molecule has 1 N–H and O–H groups in total. The SMILES string of the molecule is COc1ccc(F)c2c1NC(=O)CC2. The number of anilines is 1. The third-order valence-electron chi connectivity index (χ3n) is 2.30. The Balaban J connectivity index is 2.54. The maximum Gasteiger partial charge on any atom is 0.224 e. The maximum atomic E-state index is 13.3. The van der Waals surface area contributed by atoms with Gasteiger partial charge >= 0.3 is 0 Å². The lowest BCUT2D eigenvalue weighted by Gasteiger charge is -2.19. The van der Waals surface area contributed by atoms with Crippen molar-refractivity contribution in [3.05, 3.63) is 23.5 Å². The van der Waals surface area contributed by atoms with E-state index in [-0.39, 0.29) is 11.7 Å². The first-order chi connectivity index (χ1) is 6.72. The van der Waals surface area contributed by atoms with Crippen molar-refractivity contribution in [3.63, 3.8) is 0 Å². The Labute approximate surface area is 80.9 Å². The quantitative estimate of drug-likeness (QED) is 0.740. The second-order valence-corrected chi connectivity index (χ2v) is 3.15. The molecule has 14 heavy (non-hydrogen) atoms. The molecule has 1 aliphatic rings. The zero-order valence-corrected chi connectivity index (χ0v) is 7.76. The number of halogens is 1. The smallest absolute Gasteiger partial charge is 0.224 e. The fraction of sp³-hybridized carbons (Fsp3) is 0.300. The van der Waals surface area contributed by atoms with Crippen molar-refractivity contribution in [3.8, 4) is 5.75 Å². The molecule has 0 unspecified atom stereocenters. The lowest BCUT2D eigenvalue weighted by atomic mass is 10.0. The fourth-order valence-electron chi connectivity index (χ4n) is 1.59. The van der Waals surface area contributed by atoms with Gasteiger partial charge in [0, 0.05) is 12.0 Å². The van der Waals surface area contributed by atoms with Gasteiger partial charge in [-0.2, -0.15) is 0 Å². The van der Waals surface area contributed by atoms with Gasteiger partial charge in [-0.25, -0.2) is 4.39 Å². The van der Waals surface area contributed by atoms with Gasteiger partial charge in [0.1, 0.15) is 11.6 Å². The average Bonchev–Trinajstić information content (AvgIpc) is 2.18. The predicted octanol–water partition coefficient (Wildman–Crippen LogP) is 1.72. The number of ether oxygens (including phenoxy) is 1. The largest absolute Gasteiger partial charge is 0.495 e. The van der Waals surface area contributed by atoms with Crippen molar-refractivity contribution >= 4 is 11.6 Å². The van der Waals surface area contributed by atoms with Crippen LogP contribution in [0.2, 0.25) is 0 Å². The van der Waals surface area contributed by atoms with E-state index in [4.69, 9.17) is 4.74 Å². The molecule has 0 aromatic heterocycles. The summed E-state index contributed by atoms with van der Waals surface area (Å²) in [5, 5.41) is 2.62. The van der Waals surface area contributed by atoms with E-state index in [1.807, 2.05) is 0 Å². The number of fused-ring (bicyclic) bond motifs is 1. The number of nitrogens with one attached hydrogen (secondary N) is 1. The molecule has 1 aromatic carbocycles. The van der Waals surface area contributed by atoms with Crippen molar-refractivity contribution in [2.24, 2.45) is 0 Å². The van der Waals surface area contributed by atoms with Crippen LogP contribution in [-0.4, -0.2) is 13.0 Å². The molecule has 1 aliphatic heterocycles. The highest BCUT2D eigenvalue weighted by atomic mass is 19.1. The van der Waals surface area contributed by atoms with E-state index in [1.54, 1.807) is 0 Å². The summed E-state index contributed by atoms with van der Waals surface area (Å²) in [5.74, 6) is 0.122. The first-order valence-electron chi connectivity index (χ1n) is 4.37. The Bertz CT molecular complexity index is 390. The summed E-state index contributed by atoms with van der Waals surface area (Å²) in [4.78, 5) is 11.1. The van der Waals surface area contributed by atoms with Gasteiger partial charge in [-0.15, -0.1) is 0 Å². The number of rotatable bonds is 1. The number of carbonyl (C=O) groups is 1. The van der Waals surface area contributed by atoms with Gasteiger partial charge in [0.05, 0.1) is 12.8 Å². The molecule has 74 valence electrons. The number of hydrogen-bond donors (Lipinski definition) is 1. The van der Waals surface area contributed by atoms with Crippen LogP contribution in [0.1, 0.15) is 12.0 Å². The lowest BCUT2D eigenvalue weighted by molar-refractivity contribution is -0.116. The highest BCUT2D eigenvalue weighted by Crippen LogP contribution is 2.33. The summed E-state index contributed by atoms with van der Waals surface area (Å²) in [5.41, 5.74) is 1.01. The van der Waals surface area contributed by atoms with Crippen LogP contribution in [0.4, 0.5) is 10.1 Å². The molecule has 2 rings (SSSR count). The molecule has 1 aromatic rings. The van der Waals surface area contributed by atoms with E-state index in [9.17, 15) is 9.18 Å². The minimum absolute atomic E-state index is 0.0959. The fourth-order valence-corrected chi connectivity index (χ4v) is 1.59. The van der Waals surface area contributed by atoms with E-state index in [2.05, 4.69) is 5.32 Å². The standard InChI is InChI=1S/C10H10FNO2/c1-14-8-4-3-7(11)6-2-5-9(13)12-10(6)8/h3-4H,2,5H2,1H3,(H,12,13). The summed E-state index contributed by atoms with van der Waals surface area (Å²) in [6.07, 6.45) is 0.765. The average molecular weight is 195 g/mol. The molecule has 1 amide bonds. The second-order valence-electron chi connectivity index (χ2n) is 3.15. The minimum atomic E-state index is -0.291. The van der Waals surface area contributed by atoms with E-state index in [0.29, 0.717) is 29.8 Å². The number of carbonyl (C=O) groups excluding carboxylic acids is 1. The number of hydrogen-bond acceptors (Lipinski definition) is 2. The van der Waals surface area contributed by atoms with E-state index < -0.39 is 0 Å². The van der Waals surface area contributed by atoms with Crippen LogP contribution in [0.15, 0.2) is 12.1 Å². The highest BCUT2D eigenvalue weighted by molar-refractivity contribution is 5.95. The van der Waals surface area contributed by atoms with Crippen LogP contribution in [0.3, 0.4) is 0 Å². The summed E-state index contributed by atoms with van der Waals surface area (Å²) >= 11 is 0. The van der Waals surface area contributed by atoms with E-state index >= 15 is 0 Å². The molecule has 0 fully saturated rings. The molecule has 0 saturated heterocycles. The molecular formula is C10H10FNO2. The monoisotopic (exact) mass is 195 g/mol. The number of benzene rings is 1. The van der Waals surface area contributed by atoms with Crippen LogP contribution in [-0.2, 0) is 11.2 Å². The topological polar surface area (TPSA) is 38.3 Å².